The first-order chi connectivity index (χ1) is 19.0. The molecule has 8 nitrogen and oxygen atoms in total. The van der Waals surface area contributed by atoms with Gasteiger partial charge in [-0.2, -0.15) is 0 Å². The van der Waals surface area contributed by atoms with E-state index in [0.29, 0.717) is 0 Å². The second-order valence-electron chi connectivity index (χ2n) is 10.5. The highest BCUT2D eigenvalue weighted by Crippen LogP contribution is 2.37. The zero-order chi connectivity index (χ0) is 29.2. The van der Waals surface area contributed by atoms with Crippen LogP contribution in [0.3, 0.4) is 0 Å². The molecule has 3 aromatic rings. The molecule has 0 saturated heterocycles. The standard InChI is InChI=1S/C30H38N2O6SSi/c1-5-39(35,36)32-28(33)21-25(38-29(34)31-22-24-15-9-6-10-16-24)23-37-40(30(2,3)4,26-17-11-7-12-18-26)27-19-13-8-14-20-27/h6-20,25H,5,21-23H2,1-4H3,(H,31,34)(H,32,33). The topological polar surface area (TPSA) is 111 Å². The minimum Gasteiger partial charge on any atom is -0.443 e. The van der Waals surface area contributed by atoms with Gasteiger partial charge in [0.2, 0.25) is 15.9 Å². The second-order valence-corrected chi connectivity index (χ2v) is 16.8. The zero-order valence-corrected chi connectivity index (χ0v) is 25.2. The molecule has 0 radical (unpaired) electrons. The van der Waals surface area contributed by atoms with Crippen LogP contribution in [-0.2, 0) is 30.5 Å². The van der Waals surface area contributed by atoms with Crippen molar-refractivity contribution in [3.63, 3.8) is 0 Å². The number of amides is 2. The molecule has 0 spiro atoms. The van der Waals surface area contributed by atoms with Crippen LogP contribution in [0.5, 0.6) is 0 Å². The van der Waals surface area contributed by atoms with Gasteiger partial charge in [0.25, 0.3) is 8.32 Å². The zero-order valence-electron chi connectivity index (χ0n) is 23.4. The molecule has 0 bridgehead atoms. The Morgan fingerprint density at radius 1 is 0.850 bits per heavy atom. The lowest BCUT2D eigenvalue weighted by molar-refractivity contribution is -0.121. The Balaban J connectivity index is 1.90. The Morgan fingerprint density at radius 2 is 1.35 bits per heavy atom. The van der Waals surface area contributed by atoms with Crippen molar-refractivity contribution in [1.82, 2.24) is 10.0 Å². The van der Waals surface area contributed by atoms with Crippen LogP contribution >= 0.6 is 0 Å². The first kappa shape index (κ1) is 31.1. The lowest BCUT2D eigenvalue weighted by Crippen LogP contribution is -2.67. The van der Waals surface area contributed by atoms with Crippen LogP contribution in [0, 0.1) is 0 Å². The molecule has 1 atom stereocenters. The van der Waals surface area contributed by atoms with Crippen molar-refractivity contribution in [2.75, 3.05) is 12.4 Å². The van der Waals surface area contributed by atoms with Gasteiger partial charge in [-0.15, -0.1) is 0 Å². The minimum absolute atomic E-state index is 0.106. The summed E-state index contributed by atoms with van der Waals surface area (Å²) in [4.78, 5) is 25.5. The van der Waals surface area contributed by atoms with Gasteiger partial charge in [-0.25, -0.2) is 13.2 Å². The number of nitrogens with one attached hydrogen (secondary N) is 2. The highest BCUT2D eigenvalue weighted by Gasteiger charge is 2.50. The molecule has 1 unspecified atom stereocenters. The molecule has 0 aliphatic carbocycles. The van der Waals surface area contributed by atoms with Crippen LogP contribution in [0.25, 0.3) is 0 Å². The van der Waals surface area contributed by atoms with Gasteiger partial charge in [0, 0.05) is 6.54 Å². The molecule has 0 fully saturated rings. The van der Waals surface area contributed by atoms with Crippen molar-refractivity contribution < 1.29 is 27.2 Å². The molecule has 0 saturated carbocycles. The highest BCUT2D eigenvalue weighted by molar-refractivity contribution is 7.90. The number of benzene rings is 3. The van der Waals surface area contributed by atoms with Crippen LogP contribution in [0.4, 0.5) is 4.79 Å². The summed E-state index contributed by atoms with van der Waals surface area (Å²) >= 11 is 0. The summed E-state index contributed by atoms with van der Waals surface area (Å²) < 4.78 is 38.6. The van der Waals surface area contributed by atoms with E-state index in [9.17, 15) is 18.0 Å². The fourth-order valence-electron chi connectivity index (χ4n) is 4.57. The molecule has 2 N–H and O–H groups in total. The number of carbonyl (C=O) groups excluding carboxylic acids is 2. The molecule has 3 rings (SSSR count). The summed E-state index contributed by atoms with van der Waals surface area (Å²) in [6.45, 7) is 7.91. The molecule has 10 heteroatoms. The van der Waals surface area contributed by atoms with Gasteiger partial charge >= 0.3 is 6.09 Å². The summed E-state index contributed by atoms with van der Waals surface area (Å²) in [6, 6.07) is 29.2. The molecule has 0 aliphatic rings. The molecular formula is C30H38N2O6SSi. The van der Waals surface area contributed by atoms with Crippen molar-refractivity contribution in [2.24, 2.45) is 0 Å². The average Bonchev–Trinajstić information content (AvgIpc) is 2.93. The number of rotatable bonds is 12. The number of ether oxygens (including phenoxy) is 1. The molecule has 2 amide bonds. The molecule has 3 aromatic carbocycles. The largest absolute Gasteiger partial charge is 0.443 e. The van der Waals surface area contributed by atoms with Crippen molar-refractivity contribution >= 4 is 40.7 Å². The third-order valence-electron chi connectivity index (χ3n) is 6.52. The number of carbonyl (C=O) groups is 2. The molecular weight excluding hydrogens is 544 g/mol. The van der Waals surface area contributed by atoms with E-state index in [1.807, 2.05) is 95.7 Å². The van der Waals surface area contributed by atoms with Crippen LogP contribution in [-0.4, -0.2) is 47.2 Å². The monoisotopic (exact) mass is 582 g/mol. The molecule has 214 valence electrons. The van der Waals surface area contributed by atoms with Crippen molar-refractivity contribution in [3.05, 3.63) is 96.6 Å². The Labute approximate surface area is 238 Å². The summed E-state index contributed by atoms with van der Waals surface area (Å²) in [5.74, 6) is -1.02. The SMILES string of the molecule is CCS(=O)(=O)NC(=O)CC(CO[Si](c1ccccc1)(c1ccccc1)C(C)(C)C)OC(=O)NCc1ccccc1. The van der Waals surface area contributed by atoms with E-state index in [1.165, 1.54) is 6.92 Å². The fourth-order valence-corrected chi connectivity index (χ4v) is 9.74. The Kier molecular flexibility index (Phi) is 10.7. The lowest BCUT2D eigenvalue weighted by Gasteiger charge is -2.43. The molecule has 0 heterocycles. The summed E-state index contributed by atoms with van der Waals surface area (Å²) in [6.07, 6.45) is -2.15. The molecule has 0 aromatic heterocycles. The summed E-state index contributed by atoms with van der Waals surface area (Å²) in [5.41, 5.74) is 0.881. The van der Waals surface area contributed by atoms with E-state index in [2.05, 4.69) is 26.1 Å². The van der Waals surface area contributed by atoms with E-state index < -0.39 is 36.4 Å². The third-order valence-corrected chi connectivity index (χ3v) is 12.8. The molecule has 40 heavy (non-hydrogen) atoms. The number of alkyl carbamates (subject to hydrolysis) is 1. The van der Waals surface area contributed by atoms with E-state index in [-0.39, 0.29) is 30.4 Å². The van der Waals surface area contributed by atoms with Crippen LogP contribution in [0.1, 0.15) is 39.7 Å². The predicted molar refractivity (Wildman–Crippen MR) is 159 cm³/mol. The smallest absolute Gasteiger partial charge is 0.407 e. The van der Waals surface area contributed by atoms with Crippen molar-refractivity contribution in [1.29, 1.82) is 0 Å². The number of hydrogen-bond acceptors (Lipinski definition) is 6. The van der Waals surface area contributed by atoms with Crippen LogP contribution < -0.4 is 20.4 Å². The van der Waals surface area contributed by atoms with Crippen LogP contribution in [0.2, 0.25) is 5.04 Å². The van der Waals surface area contributed by atoms with Gasteiger partial charge < -0.3 is 14.5 Å². The fraction of sp³-hybridized carbons (Fsp3) is 0.333. The maximum Gasteiger partial charge on any atom is 0.407 e. The van der Waals surface area contributed by atoms with Gasteiger partial charge in [0.15, 0.2) is 0 Å². The van der Waals surface area contributed by atoms with E-state index >= 15 is 0 Å². The number of sulfonamides is 1. The Bertz CT molecular complexity index is 1310. The quantitative estimate of drug-likeness (QED) is 0.315. The van der Waals surface area contributed by atoms with Crippen molar-refractivity contribution in [3.8, 4) is 0 Å². The third kappa shape index (κ3) is 8.26. The van der Waals surface area contributed by atoms with Gasteiger partial charge in [-0.3, -0.25) is 9.52 Å². The first-order valence-corrected chi connectivity index (χ1v) is 16.8. The van der Waals surface area contributed by atoms with E-state index in [1.54, 1.807) is 0 Å². The number of hydrogen-bond donors (Lipinski definition) is 2. The normalized spacial score (nSPS) is 12.8. The van der Waals surface area contributed by atoms with Crippen molar-refractivity contribution in [2.45, 2.75) is 51.8 Å². The Hall–Kier alpha value is -3.47. The van der Waals surface area contributed by atoms with E-state index in [4.69, 9.17) is 9.16 Å². The van der Waals surface area contributed by atoms with Gasteiger partial charge in [-0.05, 0) is 27.9 Å². The molecule has 0 aliphatic heterocycles. The summed E-state index contributed by atoms with van der Waals surface area (Å²) in [5, 5.41) is 4.41. The minimum atomic E-state index is -3.78. The second kappa shape index (κ2) is 13.7. The van der Waals surface area contributed by atoms with E-state index in [0.717, 1.165) is 15.9 Å². The summed E-state index contributed by atoms with van der Waals surface area (Å²) in [7, 11) is -6.78. The maximum absolute atomic E-state index is 12.8. The maximum atomic E-state index is 12.8. The highest BCUT2D eigenvalue weighted by atomic mass is 32.2. The Morgan fingerprint density at radius 3 is 1.82 bits per heavy atom. The van der Waals surface area contributed by atoms with Gasteiger partial charge in [0.1, 0.15) is 6.10 Å². The lowest BCUT2D eigenvalue weighted by atomic mass is 10.2. The predicted octanol–water partition coefficient (Wildman–Crippen LogP) is 3.71. The first-order valence-electron chi connectivity index (χ1n) is 13.2. The van der Waals surface area contributed by atoms with Crippen LogP contribution in [0.15, 0.2) is 91.0 Å². The van der Waals surface area contributed by atoms with Gasteiger partial charge in [0.05, 0.1) is 18.8 Å². The average molecular weight is 583 g/mol. The van der Waals surface area contributed by atoms with Gasteiger partial charge in [-0.1, -0.05) is 112 Å².